The van der Waals surface area contributed by atoms with Crippen LogP contribution in [0.25, 0.3) is 22.1 Å². The van der Waals surface area contributed by atoms with Crippen LogP contribution >= 0.6 is 11.8 Å². The maximum Gasteiger partial charge on any atom is 0.298 e. The highest BCUT2D eigenvalue weighted by molar-refractivity contribution is 7.99. The first kappa shape index (κ1) is 20.2. The summed E-state index contributed by atoms with van der Waals surface area (Å²) in [6.45, 7) is 7.81. The molecule has 2 aromatic heterocycles. The molecule has 0 atom stereocenters. The highest BCUT2D eigenvalue weighted by atomic mass is 32.2. The number of aromatic nitrogens is 2. The molecule has 1 amide bonds. The molecule has 2 aromatic carbocycles. The van der Waals surface area contributed by atoms with Crippen LogP contribution in [0.4, 0.5) is 5.69 Å². The van der Waals surface area contributed by atoms with Crippen molar-refractivity contribution >= 4 is 45.4 Å². The van der Waals surface area contributed by atoms with Crippen LogP contribution in [0.5, 0.6) is 0 Å². The van der Waals surface area contributed by atoms with Crippen LogP contribution in [0.2, 0.25) is 0 Å². The van der Waals surface area contributed by atoms with E-state index in [1.165, 1.54) is 11.8 Å². The largest absolute Gasteiger partial charge is 0.448 e. The summed E-state index contributed by atoms with van der Waals surface area (Å²) in [5.41, 5.74) is 4.11. The van der Waals surface area contributed by atoms with Crippen molar-refractivity contribution in [2.24, 2.45) is 0 Å². The summed E-state index contributed by atoms with van der Waals surface area (Å²) in [4.78, 5) is 30.3. The van der Waals surface area contributed by atoms with E-state index < -0.39 is 0 Å². The fraction of sp³-hybridized carbons (Fsp3) is 0.261. The third-order valence-electron chi connectivity index (χ3n) is 4.90. The average Bonchev–Trinajstić information content (AvgIpc) is 3.07. The maximum absolute atomic E-state index is 13.1. The molecule has 0 aliphatic carbocycles. The summed E-state index contributed by atoms with van der Waals surface area (Å²) < 4.78 is 7.36. The second kappa shape index (κ2) is 7.99. The van der Waals surface area contributed by atoms with E-state index in [1.807, 2.05) is 70.2 Å². The molecular weight excluding hydrogens is 398 g/mol. The Bertz CT molecular complexity index is 1320. The number of nitrogens with zero attached hydrogens (tertiary/aromatic N) is 2. The van der Waals surface area contributed by atoms with Crippen molar-refractivity contribution in [2.45, 2.75) is 38.9 Å². The van der Waals surface area contributed by atoms with Gasteiger partial charge in [-0.15, -0.1) is 0 Å². The van der Waals surface area contributed by atoms with Gasteiger partial charge in [0.1, 0.15) is 11.1 Å². The lowest BCUT2D eigenvalue weighted by molar-refractivity contribution is -0.113. The van der Waals surface area contributed by atoms with Gasteiger partial charge in [0.15, 0.2) is 5.16 Å². The van der Waals surface area contributed by atoms with Crippen LogP contribution in [0.1, 0.15) is 31.0 Å². The van der Waals surface area contributed by atoms with Crippen molar-refractivity contribution in [1.82, 2.24) is 9.55 Å². The van der Waals surface area contributed by atoms with Gasteiger partial charge in [-0.1, -0.05) is 41.6 Å². The summed E-state index contributed by atoms with van der Waals surface area (Å²) in [5, 5.41) is 4.24. The maximum atomic E-state index is 13.1. The molecule has 154 valence electrons. The Morgan fingerprint density at radius 2 is 1.97 bits per heavy atom. The Hall–Kier alpha value is -3.06. The lowest BCUT2D eigenvalue weighted by Crippen LogP contribution is -2.25. The zero-order valence-corrected chi connectivity index (χ0v) is 18.2. The number of hydrogen-bond acceptors (Lipinski definition) is 5. The fourth-order valence-corrected chi connectivity index (χ4v) is 4.38. The van der Waals surface area contributed by atoms with E-state index >= 15 is 0 Å². The molecule has 0 bridgehead atoms. The van der Waals surface area contributed by atoms with E-state index in [0.717, 1.165) is 22.2 Å². The number of para-hydroxylation sites is 1. The van der Waals surface area contributed by atoms with Gasteiger partial charge in [-0.3, -0.25) is 14.2 Å². The van der Waals surface area contributed by atoms with Gasteiger partial charge < -0.3 is 9.73 Å². The highest BCUT2D eigenvalue weighted by Crippen LogP contribution is 2.28. The lowest BCUT2D eigenvalue weighted by atomic mass is 10.1. The van der Waals surface area contributed by atoms with Crippen LogP contribution in [0.3, 0.4) is 0 Å². The number of hydrogen-bond donors (Lipinski definition) is 1. The van der Waals surface area contributed by atoms with Gasteiger partial charge in [0.25, 0.3) is 5.56 Å². The van der Waals surface area contributed by atoms with Crippen molar-refractivity contribution < 1.29 is 9.21 Å². The van der Waals surface area contributed by atoms with Gasteiger partial charge in [-0.25, -0.2) is 4.98 Å². The van der Waals surface area contributed by atoms with Crippen molar-refractivity contribution in [3.63, 3.8) is 0 Å². The van der Waals surface area contributed by atoms with E-state index in [1.54, 1.807) is 4.57 Å². The molecule has 0 aliphatic heterocycles. The van der Waals surface area contributed by atoms with Gasteiger partial charge in [-0.05, 0) is 51.5 Å². The second-order valence-corrected chi connectivity index (χ2v) is 8.54. The molecule has 4 aromatic rings. The average molecular weight is 422 g/mol. The van der Waals surface area contributed by atoms with E-state index in [-0.39, 0.29) is 28.8 Å². The number of thioether (sulfide) groups is 1. The van der Waals surface area contributed by atoms with Crippen molar-refractivity contribution in [1.29, 1.82) is 0 Å². The first-order valence-electron chi connectivity index (χ1n) is 9.79. The number of benzene rings is 2. The molecule has 0 aliphatic rings. The fourth-order valence-electron chi connectivity index (χ4n) is 3.46. The van der Waals surface area contributed by atoms with Crippen LogP contribution in [-0.4, -0.2) is 21.2 Å². The molecule has 0 spiro atoms. The third-order valence-corrected chi connectivity index (χ3v) is 5.85. The zero-order valence-electron chi connectivity index (χ0n) is 17.4. The van der Waals surface area contributed by atoms with Crippen LogP contribution in [0, 0.1) is 13.8 Å². The predicted molar refractivity (Wildman–Crippen MR) is 121 cm³/mol. The molecule has 0 saturated carbocycles. The SMILES string of the molecule is Cc1ccc(NC(=O)CSc2nc3c(oc4ccccc43)c(=O)n2C(C)C)c(C)c1. The molecule has 7 heteroatoms. The number of rotatable bonds is 5. The number of anilines is 1. The molecule has 4 rings (SSSR count). The summed E-state index contributed by atoms with van der Waals surface area (Å²) in [7, 11) is 0. The van der Waals surface area contributed by atoms with Crippen molar-refractivity contribution in [2.75, 3.05) is 11.1 Å². The number of nitrogens with one attached hydrogen (secondary N) is 1. The molecule has 0 fully saturated rings. The molecule has 30 heavy (non-hydrogen) atoms. The minimum atomic E-state index is -0.233. The molecule has 0 radical (unpaired) electrons. The highest BCUT2D eigenvalue weighted by Gasteiger charge is 2.20. The first-order valence-corrected chi connectivity index (χ1v) is 10.8. The van der Waals surface area contributed by atoms with Gasteiger partial charge in [0.2, 0.25) is 11.5 Å². The van der Waals surface area contributed by atoms with Gasteiger partial charge in [0, 0.05) is 17.1 Å². The molecule has 6 nitrogen and oxygen atoms in total. The number of carbonyl (C=O) groups excluding carboxylic acids is 1. The van der Waals surface area contributed by atoms with Crippen LogP contribution in [-0.2, 0) is 4.79 Å². The lowest BCUT2D eigenvalue weighted by Gasteiger charge is -2.15. The summed E-state index contributed by atoms with van der Waals surface area (Å²) in [5.74, 6) is 0.00183. The summed E-state index contributed by atoms with van der Waals surface area (Å²) in [6, 6.07) is 13.2. The van der Waals surface area contributed by atoms with E-state index in [4.69, 9.17) is 9.40 Å². The monoisotopic (exact) mass is 421 g/mol. The molecular formula is C23H23N3O3S. The van der Waals surface area contributed by atoms with E-state index in [9.17, 15) is 9.59 Å². The Morgan fingerprint density at radius 3 is 2.70 bits per heavy atom. The summed E-state index contributed by atoms with van der Waals surface area (Å²) >= 11 is 1.25. The number of fused-ring (bicyclic) bond motifs is 3. The topological polar surface area (TPSA) is 77.1 Å². The number of furan rings is 1. The minimum absolute atomic E-state index is 0.118. The van der Waals surface area contributed by atoms with Crippen LogP contribution < -0.4 is 10.9 Å². The van der Waals surface area contributed by atoms with E-state index in [2.05, 4.69) is 5.32 Å². The quantitative estimate of drug-likeness (QED) is 0.360. The molecule has 1 N–H and O–H groups in total. The second-order valence-electron chi connectivity index (χ2n) is 7.59. The Kier molecular flexibility index (Phi) is 5.39. The van der Waals surface area contributed by atoms with Crippen LogP contribution in [0.15, 0.2) is 56.8 Å². The minimum Gasteiger partial charge on any atom is -0.448 e. The number of aryl methyl sites for hydroxylation is 2. The normalized spacial score (nSPS) is 11.5. The molecule has 0 unspecified atom stereocenters. The van der Waals surface area contributed by atoms with E-state index in [0.29, 0.717) is 16.3 Å². The smallest absolute Gasteiger partial charge is 0.298 e. The first-order chi connectivity index (χ1) is 14.3. The van der Waals surface area contributed by atoms with Gasteiger partial charge in [-0.2, -0.15) is 0 Å². The van der Waals surface area contributed by atoms with Crippen molar-refractivity contribution in [3.8, 4) is 0 Å². The predicted octanol–water partition coefficient (Wildman–Crippen LogP) is 5.07. The standard InChI is InChI=1S/C23H23N3O3S/c1-13(2)26-22(28)21-20(16-7-5-6-8-18(16)29-21)25-23(26)30-12-19(27)24-17-10-9-14(3)11-15(17)4/h5-11,13H,12H2,1-4H3,(H,24,27). The number of carbonyl (C=O) groups is 1. The van der Waals surface area contributed by atoms with Crippen molar-refractivity contribution in [3.05, 3.63) is 63.9 Å². The Morgan fingerprint density at radius 1 is 1.20 bits per heavy atom. The molecule has 0 saturated heterocycles. The summed E-state index contributed by atoms with van der Waals surface area (Å²) in [6.07, 6.45) is 0. The Labute approximate surface area is 178 Å². The third kappa shape index (κ3) is 3.73. The van der Waals surface area contributed by atoms with Gasteiger partial charge >= 0.3 is 0 Å². The van der Waals surface area contributed by atoms with Gasteiger partial charge in [0.05, 0.1) is 5.75 Å². The zero-order chi connectivity index (χ0) is 21.4. The Balaban J connectivity index is 1.65. The molecule has 2 heterocycles. The number of amides is 1.